The molecule has 0 amide bonds. The van der Waals surface area contributed by atoms with E-state index in [1.807, 2.05) is 13.0 Å². The normalized spacial score (nSPS) is 31.0. The van der Waals surface area contributed by atoms with Gasteiger partial charge in [0.2, 0.25) is 0 Å². The molecule has 2 aliphatic heterocycles. The highest BCUT2D eigenvalue weighted by Crippen LogP contribution is 2.27. The van der Waals surface area contributed by atoms with Crippen LogP contribution in [0.1, 0.15) is 11.5 Å². The van der Waals surface area contributed by atoms with Gasteiger partial charge in [0.15, 0.2) is 0 Å². The van der Waals surface area contributed by atoms with Crippen molar-refractivity contribution in [2.45, 2.75) is 13.5 Å². The minimum absolute atomic E-state index is 0.859. The van der Waals surface area contributed by atoms with Crippen LogP contribution in [0.25, 0.3) is 0 Å². The van der Waals surface area contributed by atoms with Crippen LogP contribution in [0.15, 0.2) is 10.6 Å². The summed E-state index contributed by atoms with van der Waals surface area (Å²) >= 11 is 0. The first-order chi connectivity index (χ1) is 7.31. The lowest BCUT2D eigenvalue weighted by molar-refractivity contribution is 0.291. The molecule has 4 nitrogen and oxygen atoms in total. The van der Waals surface area contributed by atoms with E-state index in [4.69, 9.17) is 4.52 Å². The van der Waals surface area contributed by atoms with Crippen molar-refractivity contribution in [1.29, 1.82) is 0 Å². The van der Waals surface area contributed by atoms with E-state index < -0.39 is 0 Å². The Morgan fingerprint density at radius 2 is 2.20 bits per heavy atom. The largest absolute Gasteiger partial charge is 0.361 e. The lowest BCUT2D eigenvalue weighted by Crippen LogP contribution is -2.25. The second kappa shape index (κ2) is 3.61. The average Bonchev–Trinajstić information content (AvgIpc) is 2.81. The van der Waals surface area contributed by atoms with E-state index in [1.54, 1.807) is 0 Å². The van der Waals surface area contributed by atoms with E-state index in [2.05, 4.69) is 15.4 Å². The van der Waals surface area contributed by atoms with Crippen molar-refractivity contribution in [3.05, 3.63) is 17.5 Å². The Kier molecular flexibility index (Phi) is 2.25. The van der Waals surface area contributed by atoms with E-state index in [0.717, 1.165) is 29.8 Å². The van der Waals surface area contributed by atoms with Gasteiger partial charge in [-0.1, -0.05) is 5.16 Å². The monoisotopic (exact) mass is 207 g/mol. The molecule has 0 spiro atoms. The molecule has 2 atom stereocenters. The van der Waals surface area contributed by atoms with Gasteiger partial charge in [-0.25, -0.2) is 0 Å². The lowest BCUT2D eigenvalue weighted by atomic mass is 10.0. The number of aromatic nitrogens is 1. The van der Waals surface area contributed by atoms with Crippen LogP contribution in [0, 0.1) is 18.8 Å². The molecular weight excluding hydrogens is 190 g/mol. The van der Waals surface area contributed by atoms with Crippen LogP contribution in [0.4, 0.5) is 0 Å². The molecule has 3 heterocycles. The van der Waals surface area contributed by atoms with Gasteiger partial charge in [0.05, 0.1) is 5.69 Å². The van der Waals surface area contributed by atoms with Gasteiger partial charge in [-0.2, -0.15) is 0 Å². The number of hydrogen-bond donors (Lipinski definition) is 1. The van der Waals surface area contributed by atoms with Crippen LogP contribution >= 0.6 is 0 Å². The zero-order valence-corrected chi connectivity index (χ0v) is 9.07. The summed E-state index contributed by atoms with van der Waals surface area (Å²) in [6.45, 7) is 7.70. The molecule has 0 aromatic carbocycles. The molecule has 82 valence electrons. The summed E-state index contributed by atoms with van der Waals surface area (Å²) in [6, 6.07) is 2.03. The summed E-state index contributed by atoms with van der Waals surface area (Å²) in [6.07, 6.45) is 0. The van der Waals surface area contributed by atoms with Gasteiger partial charge < -0.3 is 9.84 Å². The molecule has 2 saturated heterocycles. The molecule has 4 heteroatoms. The number of fused-ring (bicyclic) bond motifs is 1. The Morgan fingerprint density at radius 3 is 2.80 bits per heavy atom. The van der Waals surface area contributed by atoms with Crippen LogP contribution in [0.5, 0.6) is 0 Å². The van der Waals surface area contributed by atoms with Gasteiger partial charge in [0.1, 0.15) is 5.76 Å². The van der Waals surface area contributed by atoms with Crippen molar-refractivity contribution in [2.75, 3.05) is 26.2 Å². The number of likely N-dealkylation sites (tertiary alicyclic amines) is 1. The van der Waals surface area contributed by atoms with Crippen LogP contribution < -0.4 is 5.32 Å². The topological polar surface area (TPSA) is 41.3 Å². The Hall–Kier alpha value is -0.870. The third-order valence-corrected chi connectivity index (χ3v) is 3.53. The van der Waals surface area contributed by atoms with E-state index >= 15 is 0 Å². The Morgan fingerprint density at radius 1 is 1.47 bits per heavy atom. The third-order valence-electron chi connectivity index (χ3n) is 3.53. The second-order valence-electron chi connectivity index (χ2n) is 4.80. The number of rotatable bonds is 2. The van der Waals surface area contributed by atoms with Crippen molar-refractivity contribution in [2.24, 2.45) is 11.8 Å². The first-order valence-electron chi connectivity index (χ1n) is 5.66. The number of hydrogen-bond acceptors (Lipinski definition) is 4. The lowest BCUT2D eigenvalue weighted by Gasteiger charge is -2.14. The first-order valence-corrected chi connectivity index (χ1v) is 5.66. The third kappa shape index (κ3) is 1.79. The molecule has 2 unspecified atom stereocenters. The van der Waals surface area contributed by atoms with Crippen LogP contribution in [-0.4, -0.2) is 36.2 Å². The van der Waals surface area contributed by atoms with Crippen molar-refractivity contribution in [1.82, 2.24) is 15.4 Å². The van der Waals surface area contributed by atoms with Gasteiger partial charge in [0.25, 0.3) is 0 Å². The van der Waals surface area contributed by atoms with Crippen LogP contribution in [-0.2, 0) is 6.54 Å². The van der Waals surface area contributed by atoms with Crippen LogP contribution in [0.2, 0.25) is 0 Å². The molecule has 1 aromatic rings. The highest BCUT2D eigenvalue weighted by Gasteiger charge is 2.35. The average molecular weight is 207 g/mol. The molecule has 2 aliphatic rings. The number of nitrogens with one attached hydrogen (secondary N) is 1. The van der Waals surface area contributed by atoms with Gasteiger partial charge in [-0.15, -0.1) is 0 Å². The first kappa shape index (κ1) is 9.36. The summed E-state index contributed by atoms with van der Waals surface area (Å²) in [7, 11) is 0. The second-order valence-corrected chi connectivity index (χ2v) is 4.80. The molecule has 15 heavy (non-hydrogen) atoms. The highest BCUT2D eigenvalue weighted by molar-refractivity contribution is 5.04. The molecule has 0 aliphatic carbocycles. The minimum atomic E-state index is 0.859. The quantitative estimate of drug-likeness (QED) is 0.772. The maximum atomic E-state index is 5.08. The van der Waals surface area contributed by atoms with Crippen molar-refractivity contribution in [3.63, 3.8) is 0 Å². The molecule has 2 fully saturated rings. The van der Waals surface area contributed by atoms with Crippen molar-refractivity contribution >= 4 is 0 Å². The van der Waals surface area contributed by atoms with Gasteiger partial charge in [-0.05, 0) is 31.8 Å². The van der Waals surface area contributed by atoms with Gasteiger partial charge in [0, 0.05) is 25.7 Å². The number of nitrogens with zero attached hydrogens (tertiary/aromatic N) is 2. The molecule has 3 rings (SSSR count). The van der Waals surface area contributed by atoms with Gasteiger partial charge in [-0.3, -0.25) is 4.90 Å². The fraction of sp³-hybridized carbons (Fsp3) is 0.727. The SMILES string of the molecule is Cc1cc(CN2CC3CNCC3C2)no1. The fourth-order valence-electron chi connectivity index (χ4n) is 2.80. The summed E-state index contributed by atoms with van der Waals surface area (Å²) < 4.78 is 5.08. The zero-order chi connectivity index (χ0) is 10.3. The molecule has 0 radical (unpaired) electrons. The predicted octanol–water partition coefficient (Wildman–Crippen LogP) is 0.634. The zero-order valence-electron chi connectivity index (χ0n) is 9.07. The Bertz CT molecular complexity index is 337. The molecule has 1 aromatic heterocycles. The summed E-state index contributed by atoms with van der Waals surface area (Å²) in [5, 5.41) is 7.49. The Labute approximate surface area is 89.6 Å². The van der Waals surface area contributed by atoms with Crippen molar-refractivity contribution in [3.8, 4) is 0 Å². The molecule has 0 bridgehead atoms. The van der Waals surface area contributed by atoms with E-state index in [0.29, 0.717) is 0 Å². The predicted molar refractivity (Wildman–Crippen MR) is 56.4 cm³/mol. The Balaban J connectivity index is 1.61. The smallest absolute Gasteiger partial charge is 0.133 e. The highest BCUT2D eigenvalue weighted by atomic mass is 16.5. The standard InChI is InChI=1S/C11H17N3O/c1-8-2-11(13-15-8)7-14-5-9-3-12-4-10(9)6-14/h2,9-10,12H,3-7H2,1H3. The van der Waals surface area contributed by atoms with Crippen molar-refractivity contribution < 1.29 is 4.52 Å². The van der Waals surface area contributed by atoms with Crippen LogP contribution in [0.3, 0.4) is 0 Å². The van der Waals surface area contributed by atoms with E-state index in [9.17, 15) is 0 Å². The summed E-state index contributed by atoms with van der Waals surface area (Å²) in [5.74, 6) is 2.63. The van der Waals surface area contributed by atoms with E-state index in [1.165, 1.54) is 26.2 Å². The summed E-state index contributed by atoms with van der Waals surface area (Å²) in [5.41, 5.74) is 1.07. The maximum absolute atomic E-state index is 5.08. The summed E-state index contributed by atoms with van der Waals surface area (Å²) in [4.78, 5) is 2.49. The molecule has 1 N–H and O–H groups in total. The number of aryl methyl sites for hydroxylation is 1. The fourth-order valence-corrected chi connectivity index (χ4v) is 2.80. The minimum Gasteiger partial charge on any atom is -0.361 e. The van der Waals surface area contributed by atoms with Gasteiger partial charge >= 0.3 is 0 Å². The molecular formula is C11H17N3O. The van der Waals surface area contributed by atoms with E-state index in [-0.39, 0.29) is 0 Å². The molecule has 0 saturated carbocycles. The maximum Gasteiger partial charge on any atom is 0.133 e.